The number of nitrogens with zero attached hydrogens (tertiary/aromatic N) is 1. The molecule has 0 radical (unpaired) electrons. The summed E-state index contributed by atoms with van der Waals surface area (Å²) in [4.78, 5) is 38.7. The van der Waals surface area contributed by atoms with Gasteiger partial charge in [0.1, 0.15) is 11.5 Å². The molecule has 0 saturated carbocycles. The maximum atomic E-state index is 12.4. The van der Waals surface area contributed by atoms with Crippen molar-refractivity contribution in [1.82, 2.24) is 9.55 Å². The van der Waals surface area contributed by atoms with Crippen molar-refractivity contribution in [2.24, 2.45) is 0 Å². The average molecular weight is 354 g/mol. The highest BCUT2D eigenvalue weighted by molar-refractivity contribution is 5.86. The van der Waals surface area contributed by atoms with Crippen LogP contribution in [0.25, 0.3) is 17.0 Å². The Morgan fingerprint density at radius 1 is 1.23 bits per heavy atom. The van der Waals surface area contributed by atoms with E-state index in [1.807, 2.05) is 6.92 Å². The van der Waals surface area contributed by atoms with Crippen LogP contribution in [0.3, 0.4) is 0 Å². The summed E-state index contributed by atoms with van der Waals surface area (Å²) in [5, 5.41) is 0.445. The molecule has 3 rings (SSSR count). The van der Waals surface area contributed by atoms with E-state index in [-0.39, 0.29) is 18.7 Å². The smallest absolute Gasteiger partial charge is 0.330 e. The van der Waals surface area contributed by atoms with E-state index in [4.69, 9.17) is 9.15 Å². The van der Waals surface area contributed by atoms with Gasteiger partial charge in [0.2, 0.25) is 0 Å². The number of aromatic amines is 1. The Morgan fingerprint density at radius 3 is 2.81 bits per heavy atom. The number of carbonyl (C=O) groups excluding carboxylic acids is 1. The molecule has 0 atom stereocenters. The van der Waals surface area contributed by atoms with Gasteiger partial charge in [-0.15, -0.1) is 0 Å². The largest absolute Gasteiger partial charge is 0.462 e. The van der Waals surface area contributed by atoms with Crippen LogP contribution in [0, 0.1) is 6.92 Å². The molecule has 0 bridgehead atoms. The van der Waals surface area contributed by atoms with Crippen LogP contribution in [-0.4, -0.2) is 22.1 Å². The zero-order valence-corrected chi connectivity index (χ0v) is 14.2. The number of aryl methyl sites for hydroxylation is 1. The molecule has 134 valence electrons. The number of para-hydroxylation sites is 1. The van der Waals surface area contributed by atoms with Crippen molar-refractivity contribution in [1.29, 1.82) is 0 Å². The predicted octanol–water partition coefficient (Wildman–Crippen LogP) is 2.24. The summed E-state index contributed by atoms with van der Waals surface area (Å²) in [5.41, 5.74) is -0.333. The second-order valence-electron chi connectivity index (χ2n) is 5.74. The fraction of sp³-hybridized carbons (Fsp3) is 0.211. The van der Waals surface area contributed by atoms with Gasteiger partial charge < -0.3 is 14.1 Å². The molecule has 2 heterocycles. The van der Waals surface area contributed by atoms with Crippen molar-refractivity contribution in [2.45, 2.75) is 19.9 Å². The number of ether oxygens (including phenoxy) is 1. The van der Waals surface area contributed by atoms with E-state index in [0.717, 1.165) is 10.3 Å². The topological polar surface area (TPSA) is 94.3 Å². The van der Waals surface area contributed by atoms with Crippen LogP contribution in [0.15, 0.2) is 56.5 Å². The van der Waals surface area contributed by atoms with Gasteiger partial charge in [0, 0.05) is 12.6 Å². The van der Waals surface area contributed by atoms with Gasteiger partial charge in [-0.05, 0) is 43.7 Å². The van der Waals surface area contributed by atoms with Crippen LogP contribution in [0.2, 0.25) is 0 Å². The lowest BCUT2D eigenvalue weighted by atomic mass is 10.2. The monoisotopic (exact) mass is 354 g/mol. The molecule has 1 aromatic carbocycles. The zero-order chi connectivity index (χ0) is 18.5. The number of benzene rings is 1. The number of esters is 1. The fourth-order valence-corrected chi connectivity index (χ4v) is 2.54. The lowest BCUT2D eigenvalue weighted by Crippen LogP contribution is -2.35. The van der Waals surface area contributed by atoms with E-state index in [2.05, 4.69) is 4.98 Å². The van der Waals surface area contributed by atoms with E-state index < -0.39 is 11.7 Å². The summed E-state index contributed by atoms with van der Waals surface area (Å²) in [6, 6.07) is 10.4. The Balaban J connectivity index is 1.56. The number of hydrogen-bond acceptors (Lipinski definition) is 5. The molecule has 1 N–H and O–H groups in total. The first kappa shape index (κ1) is 17.5. The summed E-state index contributed by atoms with van der Waals surface area (Å²) in [5.74, 6) is 0.802. The molecule has 0 aliphatic carbocycles. The third-order valence-electron chi connectivity index (χ3n) is 3.80. The van der Waals surface area contributed by atoms with E-state index in [1.165, 1.54) is 12.2 Å². The fourth-order valence-electron chi connectivity index (χ4n) is 2.54. The molecule has 0 saturated heterocycles. The lowest BCUT2D eigenvalue weighted by Gasteiger charge is -2.06. The van der Waals surface area contributed by atoms with Crippen molar-refractivity contribution in [2.75, 3.05) is 6.61 Å². The van der Waals surface area contributed by atoms with Crippen molar-refractivity contribution in [3.63, 3.8) is 0 Å². The van der Waals surface area contributed by atoms with E-state index >= 15 is 0 Å². The number of carbonyl (C=O) groups is 1. The van der Waals surface area contributed by atoms with Crippen LogP contribution in [0.5, 0.6) is 0 Å². The minimum absolute atomic E-state index is 0.0963. The number of nitrogens with one attached hydrogen (secondary N) is 1. The first-order valence-corrected chi connectivity index (χ1v) is 8.18. The molecule has 0 spiro atoms. The number of H-pyrrole nitrogens is 1. The van der Waals surface area contributed by atoms with Gasteiger partial charge in [0.05, 0.1) is 17.5 Å². The Labute approximate surface area is 148 Å². The first-order chi connectivity index (χ1) is 12.5. The second kappa shape index (κ2) is 7.69. The SMILES string of the molecule is Cc1ccc(/C=C/C(=O)OCCCn2c(=O)[nH]c3ccccc3c2=O)o1. The summed E-state index contributed by atoms with van der Waals surface area (Å²) < 4.78 is 11.5. The number of furan rings is 1. The summed E-state index contributed by atoms with van der Waals surface area (Å²) >= 11 is 0. The lowest BCUT2D eigenvalue weighted by molar-refractivity contribution is -0.137. The van der Waals surface area contributed by atoms with Gasteiger partial charge in [0.15, 0.2) is 0 Å². The van der Waals surface area contributed by atoms with Gasteiger partial charge >= 0.3 is 11.7 Å². The van der Waals surface area contributed by atoms with Crippen molar-refractivity contribution < 1.29 is 13.9 Å². The highest BCUT2D eigenvalue weighted by Crippen LogP contribution is 2.08. The van der Waals surface area contributed by atoms with Gasteiger partial charge in [-0.1, -0.05) is 12.1 Å². The molecule has 3 aromatic rings. The molecule has 0 aliphatic heterocycles. The maximum Gasteiger partial charge on any atom is 0.330 e. The summed E-state index contributed by atoms with van der Waals surface area (Å²) in [6.45, 7) is 2.07. The van der Waals surface area contributed by atoms with E-state index in [0.29, 0.717) is 23.1 Å². The van der Waals surface area contributed by atoms with Crippen LogP contribution >= 0.6 is 0 Å². The van der Waals surface area contributed by atoms with Crippen molar-refractivity contribution >= 4 is 22.9 Å². The number of rotatable bonds is 6. The Morgan fingerprint density at radius 2 is 2.04 bits per heavy atom. The third kappa shape index (κ3) is 4.00. The van der Waals surface area contributed by atoms with Crippen LogP contribution in [0.1, 0.15) is 17.9 Å². The Hall–Kier alpha value is -3.35. The first-order valence-electron chi connectivity index (χ1n) is 8.18. The van der Waals surface area contributed by atoms with Crippen molar-refractivity contribution in [3.05, 3.63) is 74.8 Å². The van der Waals surface area contributed by atoms with Crippen molar-refractivity contribution in [3.8, 4) is 0 Å². The van der Waals surface area contributed by atoms with Crippen LogP contribution < -0.4 is 11.2 Å². The second-order valence-corrected chi connectivity index (χ2v) is 5.74. The molecule has 0 fully saturated rings. The van der Waals surface area contributed by atoms with E-state index in [1.54, 1.807) is 36.4 Å². The molecule has 7 nitrogen and oxygen atoms in total. The zero-order valence-electron chi connectivity index (χ0n) is 14.2. The van der Waals surface area contributed by atoms with Gasteiger partial charge in [-0.25, -0.2) is 9.59 Å². The molecular weight excluding hydrogens is 336 g/mol. The summed E-state index contributed by atoms with van der Waals surface area (Å²) in [6.07, 6.45) is 3.14. The van der Waals surface area contributed by atoms with Crippen LogP contribution in [0.4, 0.5) is 0 Å². The van der Waals surface area contributed by atoms with Crippen LogP contribution in [-0.2, 0) is 16.1 Å². The maximum absolute atomic E-state index is 12.4. The van der Waals surface area contributed by atoms with Gasteiger partial charge in [0.25, 0.3) is 5.56 Å². The quantitative estimate of drug-likeness (QED) is 0.416. The number of hydrogen-bond donors (Lipinski definition) is 1. The standard InChI is InChI=1S/C19H18N2O5/c1-13-7-8-14(26-13)9-10-17(22)25-12-4-11-21-18(23)15-5-2-3-6-16(15)20-19(21)24/h2-3,5-10H,4,11-12H2,1H3,(H,20,24)/b10-9+. The highest BCUT2D eigenvalue weighted by Gasteiger charge is 2.07. The molecule has 0 unspecified atom stereocenters. The minimum atomic E-state index is -0.515. The summed E-state index contributed by atoms with van der Waals surface area (Å²) in [7, 11) is 0. The molecule has 26 heavy (non-hydrogen) atoms. The minimum Gasteiger partial charge on any atom is -0.462 e. The molecule has 2 aromatic heterocycles. The number of aromatic nitrogens is 2. The molecule has 0 aliphatic rings. The highest BCUT2D eigenvalue weighted by atomic mass is 16.5. The predicted molar refractivity (Wildman–Crippen MR) is 96.9 cm³/mol. The van der Waals surface area contributed by atoms with Gasteiger partial charge in [-0.3, -0.25) is 9.36 Å². The molecular formula is C19H18N2O5. The normalized spacial score (nSPS) is 11.3. The Bertz CT molecular complexity index is 1070. The number of fused-ring (bicyclic) bond motifs is 1. The third-order valence-corrected chi connectivity index (χ3v) is 3.80. The molecule has 7 heteroatoms. The average Bonchev–Trinajstić information content (AvgIpc) is 3.04. The molecule has 0 amide bonds. The Kier molecular flexibility index (Phi) is 5.17. The van der Waals surface area contributed by atoms with E-state index in [9.17, 15) is 14.4 Å². The van der Waals surface area contributed by atoms with Gasteiger partial charge in [-0.2, -0.15) is 0 Å².